The van der Waals surface area contributed by atoms with Crippen LogP contribution in [0.2, 0.25) is 0 Å². The Morgan fingerprint density at radius 3 is 2.67 bits per heavy atom. The molecule has 1 aliphatic rings. The summed E-state index contributed by atoms with van der Waals surface area (Å²) >= 11 is 0. The van der Waals surface area contributed by atoms with Crippen LogP contribution in [0.3, 0.4) is 0 Å². The molecule has 6 heteroatoms. The highest BCUT2D eigenvalue weighted by atomic mass is 16.4. The molecule has 0 aliphatic carbocycles. The fourth-order valence-electron chi connectivity index (χ4n) is 2.42. The Morgan fingerprint density at radius 2 is 2.00 bits per heavy atom. The molecule has 2 amide bonds. The van der Waals surface area contributed by atoms with Gasteiger partial charge >= 0.3 is 5.97 Å². The van der Waals surface area contributed by atoms with Crippen LogP contribution < -0.4 is 5.32 Å². The fourth-order valence-corrected chi connectivity index (χ4v) is 2.42. The number of carboxylic acid groups (broad SMARTS) is 1. The molecule has 2 rings (SSSR count). The van der Waals surface area contributed by atoms with Crippen LogP contribution in [0.1, 0.15) is 18.4 Å². The van der Waals surface area contributed by atoms with E-state index >= 15 is 0 Å². The summed E-state index contributed by atoms with van der Waals surface area (Å²) in [7, 11) is 0. The van der Waals surface area contributed by atoms with E-state index in [0.717, 1.165) is 5.56 Å². The van der Waals surface area contributed by atoms with Gasteiger partial charge in [-0.05, 0) is 12.0 Å². The summed E-state index contributed by atoms with van der Waals surface area (Å²) in [5, 5.41) is 11.5. The third-order valence-corrected chi connectivity index (χ3v) is 3.49. The Labute approximate surface area is 122 Å². The maximum atomic E-state index is 12.3. The summed E-state index contributed by atoms with van der Waals surface area (Å²) in [4.78, 5) is 36.2. The van der Waals surface area contributed by atoms with Gasteiger partial charge in [-0.1, -0.05) is 30.3 Å². The Hall–Kier alpha value is -2.37. The topological polar surface area (TPSA) is 86.7 Å². The summed E-state index contributed by atoms with van der Waals surface area (Å²) in [6.45, 7) is 0.726. The average Bonchev–Trinajstić information content (AvgIpc) is 2.47. The molecule has 21 heavy (non-hydrogen) atoms. The lowest BCUT2D eigenvalue weighted by atomic mass is 10.1. The molecule has 2 N–H and O–H groups in total. The number of piperazine rings is 1. The monoisotopic (exact) mass is 290 g/mol. The highest BCUT2D eigenvalue weighted by molar-refractivity contribution is 5.91. The number of aryl methyl sites for hydroxylation is 1. The van der Waals surface area contributed by atoms with Gasteiger partial charge < -0.3 is 15.3 Å². The van der Waals surface area contributed by atoms with E-state index in [9.17, 15) is 14.4 Å². The Morgan fingerprint density at radius 1 is 1.29 bits per heavy atom. The van der Waals surface area contributed by atoms with E-state index in [2.05, 4.69) is 5.32 Å². The van der Waals surface area contributed by atoms with Crippen molar-refractivity contribution in [3.8, 4) is 0 Å². The minimum absolute atomic E-state index is 0.181. The Bertz CT molecular complexity index is 530. The third kappa shape index (κ3) is 4.05. The second-order valence-electron chi connectivity index (χ2n) is 4.98. The molecule has 1 unspecified atom stereocenters. The summed E-state index contributed by atoms with van der Waals surface area (Å²) in [5.41, 5.74) is 1.04. The second kappa shape index (κ2) is 6.88. The molecule has 0 radical (unpaired) electrons. The predicted molar refractivity (Wildman–Crippen MR) is 75.5 cm³/mol. The van der Waals surface area contributed by atoms with Crippen LogP contribution >= 0.6 is 0 Å². The smallest absolute Gasteiger partial charge is 0.305 e. The van der Waals surface area contributed by atoms with Crippen LogP contribution in [0, 0.1) is 0 Å². The number of carbonyl (C=O) groups excluding carboxylic acids is 2. The van der Waals surface area contributed by atoms with E-state index in [4.69, 9.17) is 5.11 Å². The van der Waals surface area contributed by atoms with Crippen molar-refractivity contribution < 1.29 is 19.5 Å². The molecule has 1 atom stereocenters. The van der Waals surface area contributed by atoms with Crippen molar-refractivity contribution in [1.82, 2.24) is 10.2 Å². The lowest BCUT2D eigenvalue weighted by molar-refractivity contribution is -0.148. The van der Waals surface area contributed by atoms with Crippen LogP contribution in [0.4, 0.5) is 0 Å². The SMILES string of the molecule is O=C(O)CC1C(=O)NCCN1C(=O)CCc1ccccc1. The number of carboxylic acids is 1. The van der Waals surface area contributed by atoms with Gasteiger partial charge in [0.25, 0.3) is 0 Å². The number of benzene rings is 1. The highest BCUT2D eigenvalue weighted by Crippen LogP contribution is 2.12. The summed E-state index contributed by atoms with van der Waals surface area (Å²) in [5.74, 6) is -1.66. The van der Waals surface area contributed by atoms with Crippen molar-refractivity contribution in [3.63, 3.8) is 0 Å². The number of amides is 2. The minimum Gasteiger partial charge on any atom is -0.481 e. The molecule has 0 saturated carbocycles. The first-order chi connectivity index (χ1) is 10.1. The first-order valence-electron chi connectivity index (χ1n) is 6.91. The molecule has 1 fully saturated rings. The molecular weight excluding hydrogens is 272 g/mol. The van der Waals surface area contributed by atoms with Gasteiger partial charge in [0.1, 0.15) is 6.04 Å². The number of hydrogen-bond donors (Lipinski definition) is 2. The highest BCUT2D eigenvalue weighted by Gasteiger charge is 2.34. The minimum atomic E-state index is -1.09. The predicted octanol–water partition coefficient (Wildman–Crippen LogP) is 0.421. The Kier molecular flexibility index (Phi) is 4.92. The molecule has 1 saturated heterocycles. The van der Waals surface area contributed by atoms with Crippen molar-refractivity contribution in [2.24, 2.45) is 0 Å². The zero-order chi connectivity index (χ0) is 15.2. The molecule has 0 aromatic heterocycles. The van der Waals surface area contributed by atoms with Crippen molar-refractivity contribution in [2.75, 3.05) is 13.1 Å². The molecule has 6 nitrogen and oxygen atoms in total. The molecule has 1 heterocycles. The van der Waals surface area contributed by atoms with Crippen LogP contribution in [0.25, 0.3) is 0 Å². The first-order valence-corrected chi connectivity index (χ1v) is 6.91. The molecular formula is C15H18N2O4. The van der Waals surface area contributed by atoms with Crippen molar-refractivity contribution in [2.45, 2.75) is 25.3 Å². The van der Waals surface area contributed by atoms with Crippen LogP contribution in [0.5, 0.6) is 0 Å². The number of aliphatic carboxylic acids is 1. The maximum Gasteiger partial charge on any atom is 0.305 e. The Balaban J connectivity index is 1.98. The summed E-state index contributed by atoms with van der Waals surface area (Å²) < 4.78 is 0. The van der Waals surface area contributed by atoms with Crippen LogP contribution in [-0.4, -0.2) is 46.9 Å². The van der Waals surface area contributed by atoms with Crippen molar-refractivity contribution >= 4 is 17.8 Å². The lowest BCUT2D eigenvalue weighted by Gasteiger charge is -2.34. The number of carbonyl (C=O) groups is 3. The zero-order valence-corrected chi connectivity index (χ0v) is 11.6. The van der Waals surface area contributed by atoms with Gasteiger partial charge in [-0.3, -0.25) is 14.4 Å². The van der Waals surface area contributed by atoms with Gasteiger partial charge in [-0.15, -0.1) is 0 Å². The van der Waals surface area contributed by atoms with E-state index in [1.54, 1.807) is 0 Å². The molecule has 0 bridgehead atoms. The van der Waals surface area contributed by atoms with Gasteiger partial charge in [-0.2, -0.15) is 0 Å². The summed E-state index contributed by atoms with van der Waals surface area (Å²) in [6, 6.07) is 8.68. The average molecular weight is 290 g/mol. The van der Waals surface area contributed by atoms with Crippen molar-refractivity contribution in [1.29, 1.82) is 0 Å². The van der Waals surface area contributed by atoms with E-state index in [0.29, 0.717) is 19.5 Å². The van der Waals surface area contributed by atoms with Gasteiger partial charge in [-0.25, -0.2) is 0 Å². The number of rotatable bonds is 5. The van der Waals surface area contributed by atoms with Crippen molar-refractivity contribution in [3.05, 3.63) is 35.9 Å². The van der Waals surface area contributed by atoms with E-state index in [-0.39, 0.29) is 18.7 Å². The largest absolute Gasteiger partial charge is 0.481 e. The molecule has 112 valence electrons. The third-order valence-electron chi connectivity index (χ3n) is 3.49. The number of nitrogens with one attached hydrogen (secondary N) is 1. The van der Waals surface area contributed by atoms with Gasteiger partial charge in [0.15, 0.2) is 0 Å². The van der Waals surface area contributed by atoms with E-state index < -0.39 is 17.9 Å². The lowest BCUT2D eigenvalue weighted by Crippen LogP contribution is -2.57. The van der Waals surface area contributed by atoms with E-state index in [1.807, 2.05) is 30.3 Å². The maximum absolute atomic E-state index is 12.3. The quantitative estimate of drug-likeness (QED) is 0.823. The molecule has 1 aromatic carbocycles. The van der Waals surface area contributed by atoms with Crippen LogP contribution in [0.15, 0.2) is 30.3 Å². The zero-order valence-electron chi connectivity index (χ0n) is 11.6. The number of nitrogens with zero attached hydrogens (tertiary/aromatic N) is 1. The van der Waals surface area contributed by atoms with Gasteiger partial charge in [0.2, 0.25) is 11.8 Å². The normalized spacial score (nSPS) is 18.2. The second-order valence-corrected chi connectivity index (χ2v) is 4.98. The van der Waals surface area contributed by atoms with Gasteiger partial charge in [0.05, 0.1) is 6.42 Å². The number of hydrogen-bond acceptors (Lipinski definition) is 3. The van der Waals surface area contributed by atoms with E-state index in [1.165, 1.54) is 4.90 Å². The molecule has 1 aromatic rings. The van der Waals surface area contributed by atoms with Crippen LogP contribution in [-0.2, 0) is 20.8 Å². The summed E-state index contributed by atoms with van der Waals surface area (Å²) in [6.07, 6.45) is 0.494. The molecule has 1 aliphatic heterocycles. The van der Waals surface area contributed by atoms with Gasteiger partial charge in [0, 0.05) is 19.5 Å². The standard InChI is InChI=1S/C15H18N2O4/c18-13(7-6-11-4-2-1-3-5-11)17-9-8-16-15(21)12(17)10-14(19)20/h1-5,12H,6-10H2,(H,16,21)(H,19,20). The first kappa shape index (κ1) is 15.0. The fraction of sp³-hybridized carbons (Fsp3) is 0.400. The molecule has 0 spiro atoms.